The van der Waals surface area contributed by atoms with Crippen LogP contribution in [0.2, 0.25) is 0 Å². The maximum absolute atomic E-state index is 12.3. The molecule has 1 saturated carbocycles. The van der Waals surface area contributed by atoms with Crippen molar-refractivity contribution in [3.63, 3.8) is 0 Å². The van der Waals surface area contributed by atoms with Gasteiger partial charge >= 0.3 is 0 Å². The lowest BCUT2D eigenvalue weighted by Crippen LogP contribution is -2.59. The molecule has 2 atom stereocenters. The average Bonchev–Trinajstić information content (AvgIpc) is 3.05. The molecule has 4 rings (SSSR count). The van der Waals surface area contributed by atoms with Gasteiger partial charge in [-0.3, -0.25) is 9.69 Å². The Morgan fingerprint density at radius 3 is 2.36 bits per heavy atom. The van der Waals surface area contributed by atoms with Crippen LogP contribution in [-0.2, 0) is 22.6 Å². The minimum Gasteiger partial charge on any atom is -0.381 e. The van der Waals surface area contributed by atoms with Gasteiger partial charge in [0.25, 0.3) is 0 Å². The van der Waals surface area contributed by atoms with Crippen molar-refractivity contribution in [2.24, 2.45) is 0 Å². The number of fused-ring (bicyclic) bond motifs is 1. The number of ether oxygens (including phenoxy) is 1. The Kier molecular flexibility index (Phi) is 5.34. The number of amides is 1. The van der Waals surface area contributed by atoms with Gasteiger partial charge in [0.05, 0.1) is 0 Å². The summed E-state index contributed by atoms with van der Waals surface area (Å²) in [6, 6.07) is 9.89. The molecule has 0 bridgehead atoms. The first kappa shape index (κ1) is 17.0. The highest BCUT2D eigenvalue weighted by Crippen LogP contribution is 2.24. The molecule has 0 aromatic heterocycles. The zero-order chi connectivity index (χ0) is 17.1. The van der Waals surface area contributed by atoms with Gasteiger partial charge in [-0.2, -0.15) is 0 Å². The van der Waals surface area contributed by atoms with Crippen LogP contribution in [0, 0.1) is 0 Å². The van der Waals surface area contributed by atoms with Crippen LogP contribution >= 0.6 is 0 Å². The van der Waals surface area contributed by atoms with Gasteiger partial charge in [-0.15, -0.1) is 0 Å². The first-order valence-electron chi connectivity index (χ1n) is 9.70. The quantitative estimate of drug-likeness (QED) is 0.827. The summed E-state index contributed by atoms with van der Waals surface area (Å²) in [5.41, 5.74) is 2.81. The summed E-state index contributed by atoms with van der Waals surface area (Å²) in [5, 5.41) is 6.96. The molecule has 0 unspecified atom stereocenters. The van der Waals surface area contributed by atoms with E-state index in [0.717, 1.165) is 52.1 Å². The van der Waals surface area contributed by atoms with Crippen LogP contribution in [0.5, 0.6) is 0 Å². The third kappa shape index (κ3) is 4.22. The lowest BCUT2D eigenvalue weighted by molar-refractivity contribution is -0.123. The fourth-order valence-corrected chi connectivity index (χ4v) is 4.14. The van der Waals surface area contributed by atoms with E-state index in [1.807, 2.05) is 0 Å². The molecular weight excluding hydrogens is 314 g/mol. The molecule has 2 heterocycles. The number of benzene rings is 1. The average molecular weight is 343 g/mol. The smallest absolute Gasteiger partial charge is 0.221 e. The minimum atomic E-state index is 0.194. The van der Waals surface area contributed by atoms with E-state index in [2.05, 4.69) is 39.8 Å². The lowest BCUT2D eigenvalue weighted by atomic mass is 9.85. The fourth-order valence-electron chi connectivity index (χ4n) is 4.14. The first-order chi connectivity index (χ1) is 12.3. The van der Waals surface area contributed by atoms with Gasteiger partial charge in [0.1, 0.15) is 0 Å². The van der Waals surface area contributed by atoms with E-state index >= 15 is 0 Å². The number of carbonyl (C=O) groups excluding carboxylic acids is 1. The molecule has 25 heavy (non-hydrogen) atoms. The van der Waals surface area contributed by atoms with E-state index in [9.17, 15) is 4.79 Å². The van der Waals surface area contributed by atoms with Crippen molar-refractivity contribution >= 4 is 5.91 Å². The molecule has 2 N–H and O–H groups in total. The van der Waals surface area contributed by atoms with Gasteiger partial charge in [-0.05, 0) is 36.8 Å². The molecule has 1 aliphatic carbocycles. The Labute approximate surface area is 150 Å². The maximum atomic E-state index is 12.3. The molecule has 2 aliphatic heterocycles. The molecule has 1 aromatic rings. The third-order valence-corrected chi connectivity index (χ3v) is 5.85. The number of hydrogen-bond acceptors (Lipinski definition) is 4. The zero-order valence-electron chi connectivity index (χ0n) is 14.9. The summed E-state index contributed by atoms with van der Waals surface area (Å²) in [6.07, 6.45) is 5.04. The highest BCUT2D eigenvalue weighted by atomic mass is 16.5. The van der Waals surface area contributed by atoms with Crippen molar-refractivity contribution in [2.45, 2.75) is 63.3 Å². The van der Waals surface area contributed by atoms with Crippen molar-refractivity contribution in [3.05, 3.63) is 35.4 Å². The number of hydrogen-bond donors (Lipinski definition) is 2. The van der Waals surface area contributed by atoms with Crippen LogP contribution in [0.4, 0.5) is 0 Å². The van der Waals surface area contributed by atoms with Crippen molar-refractivity contribution in [1.29, 1.82) is 0 Å². The second kappa shape index (κ2) is 7.85. The Bertz CT molecular complexity index is 575. The van der Waals surface area contributed by atoms with Gasteiger partial charge in [0.2, 0.25) is 5.91 Å². The van der Waals surface area contributed by atoms with Crippen LogP contribution in [0.1, 0.15) is 43.2 Å². The number of nitrogens with one attached hydrogen (secondary N) is 2. The maximum Gasteiger partial charge on any atom is 0.221 e. The van der Waals surface area contributed by atoms with Gasteiger partial charge in [0.15, 0.2) is 0 Å². The number of carbonyl (C=O) groups is 1. The van der Waals surface area contributed by atoms with Crippen molar-refractivity contribution in [2.75, 3.05) is 19.8 Å². The van der Waals surface area contributed by atoms with Crippen molar-refractivity contribution < 1.29 is 9.53 Å². The molecule has 0 spiro atoms. The topological polar surface area (TPSA) is 53.6 Å². The van der Waals surface area contributed by atoms with Crippen LogP contribution in [0.15, 0.2) is 24.3 Å². The molecule has 5 heteroatoms. The molecular formula is C20H29N3O2. The lowest BCUT2D eigenvalue weighted by Gasteiger charge is -2.41. The highest BCUT2D eigenvalue weighted by molar-refractivity contribution is 5.76. The molecule has 1 aromatic carbocycles. The normalized spacial score (nSPS) is 26.9. The molecule has 3 aliphatic rings. The largest absolute Gasteiger partial charge is 0.381 e. The van der Waals surface area contributed by atoms with Crippen LogP contribution in [-0.4, -0.2) is 48.7 Å². The molecule has 5 nitrogen and oxygen atoms in total. The SMILES string of the molecule is O=C(CCN1Cc2ccccc2C1)N[C@@H]1CC[C@@H]1NC1CCOCC1. The van der Waals surface area contributed by atoms with E-state index in [1.165, 1.54) is 17.5 Å². The van der Waals surface area contributed by atoms with Gasteiger partial charge in [-0.1, -0.05) is 24.3 Å². The number of nitrogens with zero attached hydrogens (tertiary/aromatic N) is 1. The predicted molar refractivity (Wildman–Crippen MR) is 97.1 cm³/mol. The second-order valence-corrected chi connectivity index (χ2v) is 7.64. The molecule has 1 amide bonds. The summed E-state index contributed by atoms with van der Waals surface area (Å²) >= 11 is 0. The minimum absolute atomic E-state index is 0.194. The standard InChI is InChI=1S/C20H29N3O2/c24-20(7-10-23-13-15-3-1-2-4-16(15)14-23)22-19-6-5-18(19)21-17-8-11-25-12-9-17/h1-4,17-19,21H,5-14H2,(H,22,24)/t18-,19+/m0/s1. The van der Waals surface area contributed by atoms with E-state index in [0.29, 0.717) is 24.5 Å². The number of rotatable bonds is 6. The van der Waals surface area contributed by atoms with Crippen LogP contribution in [0.3, 0.4) is 0 Å². The van der Waals surface area contributed by atoms with E-state index in [-0.39, 0.29) is 5.91 Å². The zero-order valence-corrected chi connectivity index (χ0v) is 14.9. The Morgan fingerprint density at radius 1 is 1.04 bits per heavy atom. The van der Waals surface area contributed by atoms with Crippen molar-refractivity contribution in [3.8, 4) is 0 Å². The summed E-state index contributed by atoms with van der Waals surface area (Å²) in [6.45, 7) is 4.51. The predicted octanol–water partition coefficient (Wildman–Crippen LogP) is 1.81. The molecule has 136 valence electrons. The Hall–Kier alpha value is -1.43. The van der Waals surface area contributed by atoms with E-state index < -0.39 is 0 Å². The molecule has 1 saturated heterocycles. The molecule has 0 radical (unpaired) electrons. The van der Waals surface area contributed by atoms with Crippen LogP contribution in [0.25, 0.3) is 0 Å². The monoisotopic (exact) mass is 343 g/mol. The fraction of sp³-hybridized carbons (Fsp3) is 0.650. The summed E-state index contributed by atoms with van der Waals surface area (Å²) in [7, 11) is 0. The Morgan fingerprint density at radius 2 is 1.72 bits per heavy atom. The second-order valence-electron chi connectivity index (χ2n) is 7.64. The van der Waals surface area contributed by atoms with Crippen molar-refractivity contribution in [1.82, 2.24) is 15.5 Å². The summed E-state index contributed by atoms with van der Waals surface area (Å²) in [5.74, 6) is 0.194. The molecule has 2 fully saturated rings. The Balaban J connectivity index is 1.17. The first-order valence-corrected chi connectivity index (χ1v) is 9.70. The summed E-state index contributed by atoms with van der Waals surface area (Å²) in [4.78, 5) is 14.7. The van der Waals surface area contributed by atoms with E-state index in [1.54, 1.807) is 0 Å². The van der Waals surface area contributed by atoms with Gasteiger partial charge in [0, 0.05) is 57.4 Å². The highest BCUT2D eigenvalue weighted by Gasteiger charge is 2.33. The van der Waals surface area contributed by atoms with Crippen LogP contribution < -0.4 is 10.6 Å². The summed E-state index contributed by atoms with van der Waals surface area (Å²) < 4.78 is 5.41. The third-order valence-electron chi connectivity index (χ3n) is 5.85. The van der Waals surface area contributed by atoms with E-state index in [4.69, 9.17) is 4.74 Å². The van der Waals surface area contributed by atoms with Gasteiger partial charge in [-0.25, -0.2) is 0 Å². The van der Waals surface area contributed by atoms with Gasteiger partial charge < -0.3 is 15.4 Å².